The molecular weight excluding hydrogens is 262 g/mol. The zero-order chi connectivity index (χ0) is 15.2. The molecule has 4 heteroatoms. The summed E-state index contributed by atoms with van der Waals surface area (Å²) in [5.41, 5.74) is 7.96. The lowest BCUT2D eigenvalue weighted by Crippen LogP contribution is -2.06. The highest BCUT2D eigenvalue weighted by atomic mass is 16.5. The Kier molecular flexibility index (Phi) is 4.89. The molecule has 0 spiro atoms. The van der Waals surface area contributed by atoms with E-state index in [1.807, 2.05) is 35.8 Å². The van der Waals surface area contributed by atoms with E-state index in [4.69, 9.17) is 16.9 Å². The first kappa shape index (κ1) is 15.0. The van der Waals surface area contributed by atoms with Crippen molar-refractivity contribution in [2.24, 2.45) is 0 Å². The van der Waals surface area contributed by atoms with Crippen LogP contribution in [0.2, 0.25) is 0 Å². The highest BCUT2D eigenvalue weighted by molar-refractivity contribution is 5.72. The average Bonchev–Trinajstić information content (AvgIpc) is 2.78. The van der Waals surface area contributed by atoms with Crippen molar-refractivity contribution in [1.82, 2.24) is 9.55 Å². The molecule has 4 nitrogen and oxygen atoms in total. The molecule has 0 bridgehead atoms. The van der Waals surface area contributed by atoms with Crippen molar-refractivity contribution < 1.29 is 4.74 Å². The first-order valence-corrected chi connectivity index (χ1v) is 7.22. The normalized spacial score (nSPS) is 10.3. The van der Waals surface area contributed by atoms with E-state index in [1.165, 1.54) is 0 Å². The molecule has 21 heavy (non-hydrogen) atoms. The Hall–Kier alpha value is -2.41. The van der Waals surface area contributed by atoms with Gasteiger partial charge >= 0.3 is 0 Å². The van der Waals surface area contributed by atoms with Gasteiger partial charge in [-0.1, -0.05) is 25.0 Å². The van der Waals surface area contributed by atoms with Crippen LogP contribution < -0.4 is 10.5 Å². The van der Waals surface area contributed by atoms with Gasteiger partial charge in [0.15, 0.2) is 0 Å². The van der Waals surface area contributed by atoms with Crippen LogP contribution >= 0.6 is 0 Å². The van der Waals surface area contributed by atoms with Crippen LogP contribution in [-0.4, -0.2) is 16.2 Å². The molecular formula is C17H21N3O. The number of rotatable bonds is 6. The molecule has 0 unspecified atom stereocenters. The number of aryl methyl sites for hydroxylation is 1. The molecule has 1 aromatic carbocycles. The first-order valence-electron chi connectivity index (χ1n) is 7.22. The molecule has 0 aliphatic rings. The number of ether oxygens (including phenoxy) is 1. The van der Waals surface area contributed by atoms with Crippen molar-refractivity contribution in [3.8, 4) is 29.4 Å². The fraction of sp³-hybridized carbons (Fsp3) is 0.353. The van der Waals surface area contributed by atoms with E-state index >= 15 is 0 Å². The lowest BCUT2D eigenvalue weighted by molar-refractivity contribution is 0.340. The minimum atomic E-state index is 0.444. The average molecular weight is 283 g/mol. The van der Waals surface area contributed by atoms with E-state index in [-0.39, 0.29) is 0 Å². The lowest BCUT2D eigenvalue weighted by atomic mass is 10.1. The van der Waals surface area contributed by atoms with Crippen molar-refractivity contribution in [2.75, 3.05) is 12.3 Å². The molecule has 110 valence electrons. The van der Waals surface area contributed by atoms with Gasteiger partial charge in [-0.05, 0) is 25.5 Å². The summed E-state index contributed by atoms with van der Waals surface area (Å²) < 4.78 is 7.44. The summed E-state index contributed by atoms with van der Waals surface area (Å²) in [5.74, 6) is 5.01. The summed E-state index contributed by atoms with van der Waals surface area (Å²) in [6.07, 6.45) is 7.29. The highest BCUT2D eigenvalue weighted by Gasteiger charge is 2.15. The number of benzene rings is 1. The van der Waals surface area contributed by atoms with Gasteiger partial charge in [0.1, 0.15) is 23.1 Å². The molecule has 0 aliphatic heterocycles. The zero-order valence-electron chi connectivity index (χ0n) is 12.6. The highest BCUT2D eigenvalue weighted by Crippen LogP contribution is 2.29. The third-order valence-electron chi connectivity index (χ3n) is 3.23. The summed E-state index contributed by atoms with van der Waals surface area (Å²) in [7, 11) is 0. The Morgan fingerprint density at radius 3 is 2.86 bits per heavy atom. The molecule has 0 aliphatic carbocycles. The maximum absolute atomic E-state index is 6.24. The van der Waals surface area contributed by atoms with Crippen LogP contribution in [0, 0.1) is 12.3 Å². The van der Waals surface area contributed by atoms with Crippen LogP contribution in [0.25, 0.3) is 11.3 Å². The second-order valence-electron chi connectivity index (χ2n) is 4.76. The Bertz CT molecular complexity index is 653. The van der Waals surface area contributed by atoms with Crippen molar-refractivity contribution in [2.45, 2.75) is 33.2 Å². The third-order valence-corrected chi connectivity index (χ3v) is 3.23. The number of terminal acetylenes is 1. The minimum absolute atomic E-state index is 0.444. The van der Waals surface area contributed by atoms with Gasteiger partial charge in [0.2, 0.25) is 0 Å². The predicted octanol–water partition coefficient (Wildman–Crippen LogP) is 3.12. The number of aromatic nitrogens is 2. The summed E-state index contributed by atoms with van der Waals surface area (Å²) in [6.45, 7) is 5.15. The number of hydrogen-bond acceptors (Lipinski definition) is 3. The van der Waals surface area contributed by atoms with Crippen molar-refractivity contribution in [1.29, 1.82) is 0 Å². The fourth-order valence-electron chi connectivity index (χ4n) is 2.31. The van der Waals surface area contributed by atoms with E-state index < -0.39 is 0 Å². The molecule has 0 fully saturated rings. The predicted molar refractivity (Wildman–Crippen MR) is 86.1 cm³/mol. The zero-order valence-corrected chi connectivity index (χ0v) is 12.6. The monoisotopic (exact) mass is 283 g/mol. The van der Waals surface area contributed by atoms with Crippen LogP contribution in [0.15, 0.2) is 24.3 Å². The van der Waals surface area contributed by atoms with Gasteiger partial charge in [-0.25, -0.2) is 4.98 Å². The van der Waals surface area contributed by atoms with Gasteiger partial charge < -0.3 is 15.0 Å². The van der Waals surface area contributed by atoms with E-state index in [9.17, 15) is 0 Å². The van der Waals surface area contributed by atoms with Crippen LogP contribution in [0.4, 0.5) is 5.82 Å². The van der Waals surface area contributed by atoms with Gasteiger partial charge in [0.25, 0.3) is 0 Å². The van der Waals surface area contributed by atoms with E-state index in [2.05, 4.69) is 17.8 Å². The molecule has 0 radical (unpaired) electrons. The van der Waals surface area contributed by atoms with Crippen LogP contribution in [0.3, 0.4) is 0 Å². The first-order chi connectivity index (χ1) is 10.2. The summed E-state index contributed by atoms with van der Waals surface area (Å²) in [6, 6.07) is 7.81. The summed E-state index contributed by atoms with van der Waals surface area (Å²) >= 11 is 0. The topological polar surface area (TPSA) is 53.1 Å². The van der Waals surface area contributed by atoms with Gasteiger partial charge in [-0.2, -0.15) is 0 Å². The molecule has 0 saturated carbocycles. The summed E-state index contributed by atoms with van der Waals surface area (Å²) in [4.78, 5) is 4.68. The number of nitrogens with two attached hydrogens (primary N) is 1. The van der Waals surface area contributed by atoms with Gasteiger partial charge in [-0.15, -0.1) is 6.42 Å². The number of hydrogen-bond donors (Lipinski definition) is 1. The Morgan fingerprint density at radius 2 is 2.19 bits per heavy atom. The standard InChI is InChI=1S/C17H21N3O/c1-4-8-15-19-16(17(18)20(15)11-5-2)13-9-7-10-14(12-13)21-6-3/h2,7,9-10,12H,4,6,8,11,18H2,1,3H3. The molecule has 2 rings (SSSR count). The second-order valence-corrected chi connectivity index (χ2v) is 4.76. The lowest BCUT2D eigenvalue weighted by Gasteiger charge is -2.06. The Labute approximate surface area is 125 Å². The van der Waals surface area contributed by atoms with Crippen LogP contribution in [0.1, 0.15) is 26.1 Å². The van der Waals surface area contributed by atoms with Crippen molar-refractivity contribution in [3.05, 3.63) is 30.1 Å². The van der Waals surface area contributed by atoms with Crippen LogP contribution in [0.5, 0.6) is 5.75 Å². The number of nitrogens with zero attached hydrogens (tertiary/aromatic N) is 2. The SMILES string of the molecule is C#CCn1c(CCC)nc(-c2cccc(OCC)c2)c1N. The molecule has 1 heterocycles. The van der Waals surface area contributed by atoms with E-state index in [0.717, 1.165) is 35.7 Å². The molecule has 1 aromatic heterocycles. The molecule has 2 aromatic rings. The minimum Gasteiger partial charge on any atom is -0.494 e. The fourth-order valence-corrected chi connectivity index (χ4v) is 2.31. The quantitative estimate of drug-likeness (QED) is 0.829. The molecule has 0 amide bonds. The molecule has 0 saturated heterocycles. The molecule has 0 atom stereocenters. The number of imidazole rings is 1. The summed E-state index contributed by atoms with van der Waals surface area (Å²) in [5, 5.41) is 0. The maximum atomic E-state index is 6.24. The van der Waals surface area contributed by atoms with Gasteiger partial charge in [0, 0.05) is 12.0 Å². The Morgan fingerprint density at radius 1 is 1.38 bits per heavy atom. The van der Waals surface area contributed by atoms with E-state index in [0.29, 0.717) is 19.0 Å². The van der Waals surface area contributed by atoms with Gasteiger partial charge in [0.05, 0.1) is 13.2 Å². The number of nitrogen functional groups attached to an aromatic ring is 1. The molecule has 2 N–H and O–H groups in total. The number of anilines is 1. The van der Waals surface area contributed by atoms with Crippen molar-refractivity contribution >= 4 is 5.82 Å². The van der Waals surface area contributed by atoms with E-state index in [1.54, 1.807) is 0 Å². The smallest absolute Gasteiger partial charge is 0.132 e. The third kappa shape index (κ3) is 3.19. The van der Waals surface area contributed by atoms with Gasteiger partial charge in [-0.3, -0.25) is 0 Å². The Balaban J connectivity index is 2.46. The maximum Gasteiger partial charge on any atom is 0.132 e. The van der Waals surface area contributed by atoms with Crippen LogP contribution in [-0.2, 0) is 13.0 Å². The van der Waals surface area contributed by atoms with Crippen molar-refractivity contribution in [3.63, 3.8) is 0 Å². The largest absolute Gasteiger partial charge is 0.494 e. The second kappa shape index (κ2) is 6.85.